The number of carbonyl (C=O) groups excluding carboxylic acids is 1. The smallest absolute Gasteiger partial charge is 0.416 e. The number of methoxy groups -OCH3 is 1. The maximum atomic E-state index is 13.6. The van der Waals surface area contributed by atoms with Crippen LogP contribution in [0, 0.1) is 5.41 Å². The molecule has 3 aromatic rings. The minimum atomic E-state index is -5.02. The Morgan fingerprint density at radius 2 is 1.65 bits per heavy atom. The number of carbonyl (C=O) groups is 1. The number of fused-ring (bicyclic) bond motifs is 1. The highest BCUT2D eigenvalue weighted by molar-refractivity contribution is 5.92. The molecule has 0 radical (unpaired) electrons. The van der Waals surface area contributed by atoms with Crippen LogP contribution in [0.3, 0.4) is 0 Å². The molecule has 0 bridgehead atoms. The first kappa shape index (κ1) is 34.3. The predicted molar refractivity (Wildman–Crippen MR) is 157 cm³/mol. The highest BCUT2D eigenvalue weighted by Crippen LogP contribution is 2.41. The van der Waals surface area contributed by atoms with Gasteiger partial charge in [-0.15, -0.1) is 0 Å². The first-order valence-electron chi connectivity index (χ1n) is 14.5. The zero-order valence-electron chi connectivity index (χ0n) is 25.5. The monoisotopic (exact) mass is 653 g/mol. The van der Waals surface area contributed by atoms with E-state index in [-0.39, 0.29) is 59.6 Å². The van der Waals surface area contributed by atoms with E-state index in [1.54, 1.807) is 26.0 Å². The second-order valence-corrected chi connectivity index (χ2v) is 10.4. The summed E-state index contributed by atoms with van der Waals surface area (Å²) in [7, 11) is 1.42. The summed E-state index contributed by atoms with van der Waals surface area (Å²) in [5.41, 5.74) is -1.93. The summed E-state index contributed by atoms with van der Waals surface area (Å²) in [6.07, 6.45) is -8.85. The molecule has 2 aromatic heterocycles. The fraction of sp³-hybridized carbons (Fsp3) is 0.419. The van der Waals surface area contributed by atoms with Crippen molar-refractivity contribution >= 4 is 23.5 Å². The Balaban J connectivity index is 1.83. The third-order valence-corrected chi connectivity index (χ3v) is 7.35. The SMILES string of the molecule is CCOC(=N)c1cnc(NC2CC(CC)N(C(=O)OCC)c3ccc(OC)nc32)c(Cc2cc(C(F)(F)F)cc(C(F)(F)F)c2)c1. The van der Waals surface area contributed by atoms with Crippen molar-refractivity contribution in [3.05, 3.63) is 76.1 Å². The molecule has 46 heavy (non-hydrogen) atoms. The first-order chi connectivity index (χ1) is 21.7. The van der Waals surface area contributed by atoms with Crippen LogP contribution in [0.15, 0.2) is 42.6 Å². The Labute approximate surface area is 261 Å². The van der Waals surface area contributed by atoms with Gasteiger partial charge < -0.3 is 19.5 Å². The van der Waals surface area contributed by atoms with Crippen molar-refractivity contribution in [2.75, 3.05) is 30.5 Å². The Bertz CT molecular complexity index is 1550. The van der Waals surface area contributed by atoms with Crippen LogP contribution in [-0.4, -0.2) is 48.3 Å². The largest absolute Gasteiger partial charge is 0.481 e. The van der Waals surface area contributed by atoms with E-state index < -0.39 is 42.0 Å². The van der Waals surface area contributed by atoms with E-state index in [2.05, 4.69) is 15.3 Å². The van der Waals surface area contributed by atoms with E-state index in [0.29, 0.717) is 36.4 Å². The van der Waals surface area contributed by atoms with Crippen LogP contribution in [0.25, 0.3) is 0 Å². The number of hydrogen-bond donors (Lipinski definition) is 2. The van der Waals surface area contributed by atoms with Crippen LogP contribution >= 0.6 is 0 Å². The summed E-state index contributed by atoms with van der Waals surface area (Å²) < 4.78 is 97.7. The van der Waals surface area contributed by atoms with Gasteiger partial charge in [-0.3, -0.25) is 10.3 Å². The van der Waals surface area contributed by atoms with E-state index in [9.17, 15) is 31.1 Å². The zero-order chi connectivity index (χ0) is 33.8. The normalized spacial score (nSPS) is 16.4. The van der Waals surface area contributed by atoms with Gasteiger partial charge in [-0.25, -0.2) is 14.8 Å². The predicted octanol–water partition coefficient (Wildman–Crippen LogP) is 7.77. The Morgan fingerprint density at radius 3 is 2.22 bits per heavy atom. The van der Waals surface area contributed by atoms with Crippen LogP contribution in [0.1, 0.15) is 73.2 Å². The van der Waals surface area contributed by atoms with Crippen molar-refractivity contribution < 1.29 is 45.3 Å². The number of nitrogens with zero attached hydrogens (tertiary/aromatic N) is 3. The van der Waals surface area contributed by atoms with Crippen LogP contribution in [0.2, 0.25) is 0 Å². The van der Waals surface area contributed by atoms with Crippen LogP contribution in [-0.2, 0) is 28.2 Å². The van der Waals surface area contributed by atoms with Gasteiger partial charge in [0.25, 0.3) is 0 Å². The van der Waals surface area contributed by atoms with Gasteiger partial charge in [0, 0.05) is 24.7 Å². The van der Waals surface area contributed by atoms with Crippen LogP contribution < -0.4 is 15.0 Å². The number of nitrogens with one attached hydrogen (secondary N) is 2. The number of amides is 1. The maximum absolute atomic E-state index is 13.6. The topological polar surface area (TPSA) is 110 Å². The number of halogens is 6. The molecule has 1 aliphatic heterocycles. The molecule has 15 heteroatoms. The third kappa shape index (κ3) is 7.62. The highest BCUT2D eigenvalue weighted by Gasteiger charge is 2.39. The van der Waals surface area contributed by atoms with Crippen molar-refractivity contribution in [1.29, 1.82) is 5.41 Å². The molecular weight excluding hydrogens is 620 g/mol. The molecule has 0 spiro atoms. The third-order valence-electron chi connectivity index (χ3n) is 7.35. The zero-order valence-corrected chi connectivity index (χ0v) is 25.5. The molecule has 0 saturated heterocycles. The van der Waals surface area contributed by atoms with Crippen molar-refractivity contribution in [2.24, 2.45) is 0 Å². The fourth-order valence-electron chi connectivity index (χ4n) is 5.26. The molecular formula is C31H33F6N5O4. The van der Waals surface area contributed by atoms with Gasteiger partial charge >= 0.3 is 18.4 Å². The quantitative estimate of drug-likeness (QED) is 0.138. The number of benzene rings is 1. The summed E-state index contributed by atoms with van der Waals surface area (Å²) >= 11 is 0. The molecule has 2 atom stereocenters. The van der Waals surface area contributed by atoms with Crippen LogP contribution in [0.4, 0.5) is 42.6 Å². The number of hydrogen-bond acceptors (Lipinski definition) is 8. The van der Waals surface area contributed by atoms with E-state index >= 15 is 0 Å². The number of alkyl halides is 6. The lowest BCUT2D eigenvalue weighted by molar-refractivity contribution is -0.143. The molecule has 1 aromatic carbocycles. The molecule has 1 aliphatic rings. The van der Waals surface area contributed by atoms with Crippen molar-refractivity contribution in [2.45, 2.75) is 64.5 Å². The summed E-state index contributed by atoms with van der Waals surface area (Å²) in [6.45, 7) is 5.53. The summed E-state index contributed by atoms with van der Waals surface area (Å²) in [5.74, 6) is 0.119. The molecule has 2 unspecified atom stereocenters. The van der Waals surface area contributed by atoms with Gasteiger partial charge in [-0.05, 0) is 68.1 Å². The number of aromatic nitrogens is 2. The first-order valence-corrected chi connectivity index (χ1v) is 14.5. The average molecular weight is 654 g/mol. The molecule has 1 amide bonds. The number of ether oxygens (including phenoxy) is 3. The Morgan fingerprint density at radius 1 is 1.00 bits per heavy atom. The van der Waals surface area contributed by atoms with Crippen molar-refractivity contribution in [3.8, 4) is 5.88 Å². The van der Waals surface area contributed by atoms with E-state index in [4.69, 9.17) is 19.6 Å². The van der Waals surface area contributed by atoms with Gasteiger partial charge in [0.15, 0.2) is 0 Å². The number of anilines is 2. The second-order valence-electron chi connectivity index (χ2n) is 10.4. The van der Waals surface area contributed by atoms with Crippen LogP contribution in [0.5, 0.6) is 5.88 Å². The molecule has 0 fully saturated rings. The summed E-state index contributed by atoms with van der Waals surface area (Å²) in [6, 6.07) is 5.10. The van der Waals surface area contributed by atoms with Gasteiger partial charge in [-0.1, -0.05) is 6.92 Å². The lowest BCUT2D eigenvalue weighted by Gasteiger charge is -2.39. The second kappa shape index (κ2) is 13.8. The van der Waals surface area contributed by atoms with E-state index in [0.717, 1.165) is 0 Å². The van der Waals surface area contributed by atoms with E-state index in [1.807, 2.05) is 6.92 Å². The van der Waals surface area contributed by atoms with E-state index in [1.165, 1.54) is 24.3 Å². The van der Waals surface area contributed by atoms with Gasteiger partial charge in [-0.2, -0.15) is 26.3 Å². The number of pyridine rings is 2. The number of rotatable bonds is 9. The highest BCUT2D eigenvalue weighted by atomic mass is 19.4. The average Bonchev–Trinajstić information content (AvgIpc) is 3.00. The molecule has 3 heterocycles. The minimum Gasteiger partial charge on any atom is -0.481 e. The standard InChI is InChI=1S/C31H33F6N5O4/c1-5-22-15-23(26-24(8-9-25(41-26)44-4)42(22)29(43)46-7-3)40-28-18(13-19(16-39-28)27(38)45-6-2)10-17-11-20(30(32,33)34)14-21(12-17)31(35,36)37/h8-9,11-14,16,22-23,38H,5-7,10,15H2,1-4H3,(H,39,40). The lowest BCUT2D eigenvalue weighted by atomic mass is 9.93. The lowest BCUT2D eigenvalue weighted by Crippen LogP contribution is -2.46. The minimum absolute atomic E-state index is 0.0698. The maximum Gasteiger partial charge on any atom is 0.416 e. The molecule has 0 aliphatic carbocycles. The Hall–Kier alpha value is -4.56. The molecule has 0 saturated carbocycles. The molecule has 2 N–H and O–H groups in total. The summed E-state index contributed by atoms with van der Waals surface area (Å²) in [5, 5.41) is 11.5. The van der Waals surface area contributed by atoms with Gasteiger partial charge in [0.2, 0.25) is 11.8 Å². The van der Waals surface area contributed by atoms with Crippen molar-refractivity contribution in [1.82, 2.24) is 9.97 Å². The Kier molecular flexibility index (Phi) is 10.3. The summed E-state index contributed by atoms with van der Waals surface area (Å²) in [4.78, 5) is 23.5. The van der Waals surface area contributed by atoms with Gasteiger partial charge in [0.05, 0.1) is 54.4 Å². The molecule has 9 nitrogen and oxygen atoms in total. The molecule has 4 rings (SSSR count). The van der Waals surface area contributed by atoms with Gasteiger partial charge in [0.1, 0.15) is 5.82 Å². The fourth-order valence-corrected chi connectivity index (χ4v) is 5.26. The van der Waals surface area contributed by atoms with Crippen molar-refractivity contribution in [3.63, 3.8) is 0 Å². The molecule has 248 valence electrons.